The Hall–Kier alpha value is -2.11. The number of halogens is 3. The van der Waals surface area contributed by atoms with Gasteiger partial charge in [-0.15, -0.1) is 0 Å². The number of thiophene rings is 1. The number of fused-ring (bicyclic) bond motifs is 3. The van der Waals surface area contributed by atoms with Crippen molar-refractivity contribution in [3.63, 3.8) is 0 Å². The van der Waals surface area contributed by atoms with Crippen LogP contribution in [-0.2, 0) is 5.60 Å². The summed E-state index contributed by atoms with van der Waals surface area (Å²) in [6.45, 7) is 0. The van der Waals surface area contributed by atoms with Crippen molar-refractivity contribution in [3.05, 3.63) is 70.4 Å². The largest absolute Gasteiger partial charge is 0.425 e. The molecule has 3 aromatic rings. The first-order chi connectivity index (χ1) is 10.9. The lowest BCUT2D eigenvalue weighted by atomic mass is 9.89. The average molecular weight is 332 g/mol. The molecule has 0 spiro atoms. The standard InChI is InChI=1S/C18H11F3OS/c19-18(20,21)17(22)14-6-2-1-4-13(14)16-12(5-3-7-15(16)17)11-8-9-23-10-11/h1-10,22H. The lowest BCUT2D eigenvalue weighted by molar-refractivity contribution is -0.246. The molecule has 1 N–H and O–H groups in total. The minimum Gasteiger partial charge on any atom is -0.372 e. The Bertz CT molecular complexity index is 884. The van der Waals surface area contributed by atoms with Crippen LogP contribution in [0.2, 0.25) is 0 Å². The molecule has 1 unspecified atom stereocenters. The Morgan fingerprint density at radius 3 is 2.26 bits per heavy atom. The summed E-state index contributed by atoms with van der Waals surface area (Å²) in [6, 6.07) is 12.8. The fraction of sp³-hybridized carbons (Fsp3) is 0.111. The highest BCUT2D eigenvalue weighted by Gasteiger charge is 2.61. The van der Waals surface area contributed by atoms with Gasteiger partial charge in [-0.3, -0.25) is 0 Å². The van der Waals surface area contributed by atoms with Crippen molar-refractivity contribution in [1.82, 2.24) is 0 Å². The van der Waals surface area contributed by atoms with Gasteiger partial charge in [-0.2, -0.15) is 24.5 Å². The maximum Gasteiger partial charge on any atom is 0.425 e. The SMILES string of the molecule is OC1(C(F)(F)F)c2ccccc2-c2c(-c3ccsc3)cccc21. The monoisotopic (exact) mass is 332 g/mol. The molecule has 0 radical (unpaired) electrons. The number of benzene rings is 2. The lowest BCUT2D eigenvalue weighted by Crippen LogP contribution is -2.41. The summed E-state index contributed by atoms with van der Waals surface area (Å²) in [6.07, 6.45) is -4.79. The first-order valence-electron chi connectivity index (χ1n) is 6.99. The molecule has 0 saturated carbocycles. The molecule has 0 saturated heterocycles. The van der Waals surface area contributed by atoms with E-state index in [1.165, 1.54) is 29.5 Å². The third kappa shape index (κ3) is 1.84. The van der Waals surface area contributed by atoms with Crippen molar-refractivity contribution in [2.45, 2.75) is 11.8 Å². The molecule has 1 nitrogen and oxygen atoms in total. The second-order valence-corrected chi connectivity index (χ2v) is 6.27. The molecule has 5 heteroatoms. The van der Waals surface area contributed by atoms with Gasteiger partial charge < -0.3 is 5.11 Å². The van der Waals surface area contributed by atoms with E-state index in [-0.39, 0.29) is 11.1 Å². The van der Waals surface area contributed by atoms with Crippen molar-refractivity contribution in [2.75, 3.05) is 0 Å². The van der Waals surface area contributed by atoms with Crippen LogP contribution in [0.3, 0.4) is 0 Å². The van der Waals surface area contributed by atoms with Gasteiger partial charge in [0, 0.05) is 11.1 Å². The Morgan fingerprint density at radius 2 is 1.57 bits per heavy atom. The van der Waals surface area contributed by atoms with Crippen LogP contribution < -0.4 is 0 Å². The summed E-state index contributed by atoms with van der Waals surface area (Å²) in [5.74, 6) is 0. The molecule has 0 amide bonds. The first-order valence-corrected chi connectivity index (χ1v) is 7.94. The molecule has 0 fully saturated rings. The smallest absolute Gasteiger partial charge is 0.372 e. The highest BCUT2D eigenvalue weighted by molar-refractivity contribution is 7.08. The Balaban J connectivity index is 2.12. The van der Waals surface area contributed by atoms with Crippen molar-refractivity contribution in [1.29, 1.82) is 0 Å². The summed E-state index contributed by atoms with van der Waals surface area (Å²) in [4.78, 5) is 0. The van der Waals surface area contributed by atoms with Crippen LogP contribution in [0.1, 0.15) is 11.1 Å². The van der Waals surface area contributed by atoms with Crippen LogP contribution in [-0.4, -0.2) is 11.3 Å². The van der Waals surface area contributed by atoms with Crippen LogP contribution in [0.5, 0.6) is 0 Å². The van der Waals surface area contributed by atoms with Gasteiger partial charge in [0.25, 0.3) is 0 Å². The normalized spacial score (nSPS) is 19.5. The minimum atomic E-state index is -4.79. The molecular formula is C18H11F3OS. The van der Waals surface area contributed by atoms with E-state index in [4.69, 9.17) is 0 Å². The zero-order valence-corrected chi connectivity index (χ0v) is 12.6. The van der Waals surface area contributed by atoms with Crippen LogP contribution >= 0.6 is 11.3 Å². The summed E-state index contributed by atoms with van der Waals surface area (Å²) >= 11 is 1.48. The predicted molar refractivity (Wildman–Crippen MR) is 84.2 cm³/mol. The zero-order valence-electron chi connectivity index (χ0n) is 11.8. The summed E-state index contributed by atoms with van der Waals surface area (Å²) in [7, 11) is 0. The van der Waals surface area contributed by atoms with Gasteiger partial charge in [-0.25, -0.2) is 0 Å². The number of hydrogen-bond donors (Lipinski definition) is 1. The second-order valence-electron chi connectivity index (χ2n) is 5.49. The van der Waals surface area contributed by atoms with Crippen LogP contribution in [0.4, 0.5) is 13.2 Å². The number of hydrogen-bond acceptors (Lipinski definition) is 2. The molecular weight excluding hydrogens is 321 g/mol. The molecule has 1 aliphatic carbocycles. The fourth-order valence-corrected chi connectivity index (χ4v) is 3.93. The molecule has 0 aliphatic heterocycles. The Labute approximate surface area is 134 Å². The van der Waals surface area contributed by atoms with E-state index < -0.39 is 11.8 Å². The van der Waals surface area contributed by atoms with Crippen LogP contribution in [0.15, 0.2) is 59.3 Å². The van der Waals surface area contributed by atoms with Gasteiger partial charge in [0.2, 0.25) is 5.60 Å². The van der Waals surface area contributed by atoms with Crippen molar-refractivity contribution in [2.24, 2.45) is 0 Å². The number of aliphatic hydroxyl groups is 1. The van der Waals surface area contributed by atoms with E-state index >= 15 is 0 Å². The molecule has 1 heterocycles. The van der Waals surface area contributed by atoms with Gasteiger partial charge in [-0.05, 0) is 39.1 Å². The van der Waals surface area contributed by atoms with Gasteiger partial charge in [0.05, 0.1) is 0 Å². The van der Waals surface area contributed by atoms with Crippen LogP contribution in [0.25, 0.3) is 22.3 Å². The van der Waals surface area contributed by atoms with Gasteiger partial charge in [0.1, 0.15) is 0 Å². The summed E-state index contributed by atoms with van der Waals surface area (Å²) in [5, 5.41) is 14.4. The van der Waals surface area contributed by atoms with Crippen molar-refractivity contribution in [3.8, 4) is 22.3 Å². The predicted octanol–water partition coefficient (Wildman–Crippen LogP) is 5.19. The molecule has 1 aliphatic rings. The molecule has 23 heavy (non-hydrogen) atoms. The van der Waals surface area contributed by atoms with E-state index in [0.29, 0.717) is 16.7 Å². The molecule has 1 atom stereocenters. The average Bonchev–Trinajstić information content (AvgIpc) is 3.14. The summed E-state index contributed by atoms with van der Waals surface area (Å²) in [5.41, 5.74) is -0.722. The maximum atomic E-state index is 13.7. The third-order valence-electron chi connectivity index (χ3n) is 4.28. The van der Waals surface area contributed by atoms with Gasteiger partial charge in [0.15, 0.2) is 0 Å². The highest BCUT2D eigenvalue weighted by atomic mass is 32.1. The third-order valence-corrected chi connectivity index (χ3v) is 4.97. The summed E-state index contributed by atoms with van der Waals surface area (Å²) < 4.78 is 41.2. The number of alkyl halides is 3. The fourth-order valence-electron chi connectivity index (χ4n) is 3.27. The van der Waals surface area contributed by atoms with E-state index in [1.54, 1.807) is 24.3 Å². The lowest BCUT2D eigenvalue weighted by Gasteiger charge is -2.28. The molecule has 2 aromatic carbocycles. The highest BCUT2D eigenvalue weighted by Crippen LogP contribution is 2.57. The quantitative estimate of drug-likeness (QED) is 0.650. The zero-order chi connectivity index (χ0) is 16.2. The van der Waals surface area contributed by atoms with Crippen molar-refractivity contribution < 1.29 is 18.3 Å². The van der Waals surface area contributed by atoms with E-state index in [2.05, 4.69) is 0 Å². The Kier molecular flexibility index (Phi) is 2.95. The first kappa shape index (κ1) is 14.5. The molecule has 0 bridgehead atoms. The van der Waals surface area contributed by atoms with E-state index in [9.17, 15) is 18.3 Å². The van der Waals surface area contributed by atoms with Crippen LogP contribution in [0, 0.1) is 0 Å². The minimum absolute atomic E-state index is 0.102. The van der Waals surface area contributed by atoms with Gasteiger partial charge in [-0.1, -0.05) is 42.5 Å². The molecule has 4 rings (SSSR count). The Morgan fingerprint density at radius 1 is 0.870 bits per heavy atom. The molecule has 116 valence electrons. The molecule has 1 aromatic heterocycles. The van der Waals surface area contributed by atoms with Crippen molar-refractivity contribution >= 4 is 11.3 Å². The van der Waals surface area contributed by atoms with E-state index in [1.807, 2.05) is 16.8 Å². The van der Waals surface area contributed by atoms with E-state index in [0.717, 1.165) is 5.56 Å². The maximum absolute atomic E-state index is 13.7. The number of rotatable bonds is 1. The second kappa shape index (κ2) is 4.69. The van der Waals surface area contributed by atoms with Gasteiger partial charge >= 0.3 is 6.18 Å². The topological polar surface area (TPSA) is 20.2 Å².